The van der Waals surface area contributed by atoms with E-state index in [9.17, 15) is 0 Å². The molecule has 0 saturated heterocycles. The second kappa shape index (κ2) is 7.20. The van der Waals surface area contributed by atoms with Gasteiger partial charge in [0.05, 0.1) is 11.4 Å². The van der Waals surface area contributed by atoms with Gasteiger partial charge in [0.2, 0.25) is 0 Å². The first-order chi connectivity index (χ1) is 12.7. The van der Waals surface area contributed by atoms with Gasteiger partial charge in [-0.2, -0.15) is 5.10 Å². The molecule has 4 rings (SSSR count). The first kappa shape index (κ1) is 17.2. The van der Waals surface area contributed by atoms with Gasteiger partial charge in [-0.15, -0.1) is 11.8 Å². The van der Waals surface area contributed by atoms with Crippen molar-refractivity contribution in [2.45, 2.75) is 38.0 Å². The van der Waals surface area contributed by atoms with E-state index >= 15 is 0 Å². The number of aryl methyl sites for hydroxylation is 2. The number of hydrogen-bond acceptors (Lipinski definition) is 3. The Balaban J connectivity index is 1.97. The fourth-order valence-corrected chi connectivity index (χ4v) is 4.28. The molecule has 4 heteroatoms. The van der Waals surface area contributed by atoms with Crippen LogP contribution in [0.5, 0.6) is 0 Å². The molecule has 0 spiro atoms. The Morgan fingerprint density at radius 2 is 1.92 bits per heavy atom. The molecule has 0 bridgehead atoms. The highest BCUT2D eigenvalue weighted by Gasteiger charge is 2.23. The van der Waals surface area contributed by atoms with Crippen molar-refractivity contribution in [3.8, 4) is 16.9 Å². The quantitative estimate of drug-likeness (QED) is 0.612. The minimum Gasteiger partial charge on any atom is -0.370 e. The number of aromatic nitrogens is 2. The van der Waals surface area contributed by atoms with Crippen LogP contribution in [0.2, 0.25) is 0 Å². The van der Waals surface area contributed by atoms with Gasteiger partial charge in [0, 0.05) is 22.6 Å². The number of thioether (sulfide) groups is 1. The van der Waals surface area contributed by atoms with Gasteiger partial charge in [-0.05, 0) is 62.6 Å². The van der Waals surface area contributed by atoms with Crippen molar-refractivity contribution < 1.29 is 0 Å². The van der Waals surface area contributed by atoms with Crippen LogP contribution < -0.4 is 5.32 Å². The predicted octanol–water partition coefficient (Wildman–Crippen LogP) is 5.63. The van der Waals surface area contributed by atoms with E-state index in [-0.39, 0.29) is 0 Å². The van der Waals surface area contributed by atoms with E-state index in [1.807, 2.05) is 0 Å². The highest BCUT2D eigenvalue weighted by atomic mass is 32.2. The van der Waals surface area contributed by atoms with Gasteiger partial charge in [-0.1, -0.05) is 30.3 Å². The lowest BCUT2D eigenvalue weighted by Gasteiger charge is -2.12. The van der Waals surface area contributed by atoms with Gasteiger partial charge in [-0.3, -0.25) is 0 Å². The molecule has 134 valence electrons. The lowest BCUT2D eigenvalue weighted by molar-refractivity contribution is 0.779. The molecule has 0 atom stereocenters. The second-order valence-electron chi connectivity index (χ2n) is 6.96. The molecule has 3 nitrogen and oxygen atoms in total. The van der Waals surface area contributed by atoms with Gasteiger partial charge < -0.3 is 5.32 Å². The average molecular weight is 364 g/mol. The summed E-state index contributed by atoms with van der Waals surface area (Å²) in [6.07, 6.45) is 5.61. The van der Waals surface area contributed by atoms with Gasteiger partial charge in [0.15, 0.2) is 0 Å². The first-order valence-corrected chi connectivity index (χ1v) is 10.5. The minimum atomic E-state index is 1.01. The third-order valence-corrected chi connectivity index (χ3v) is 5.88. The normalized spacial score (nSPS) is 13.8. The second-order valence-corrected chi connectivity index (χ2v) is 7.81. The summed E-state index contributed by atoms with van der Waals surface area (Å²) in [6.45, 7) is 5.31. The molecule has 0 unspecified atom stereocenters. The number of fused-ring (bicyclic) bond motifs is 1. The zero-order valence-corrected chi connectivity index (χ0v) is 16.5. The molecule has 1 aliphatic rings. The van der Waals surface area contributed by atoms with Gasteiger partial charge in [-0.25, -0.2) is 4.68 Å². The van der Waals surface area contributed by atoms with Gasteiger partial charge in [0.25, 0.3) is 0 Å². The highest BCUT2D eigenvalue weighted by molar-refractivity contribution is 7.98. The third-order valence-electron chi connectivity index (χ3n) is 5.08. The molecule has 1 aliphatic heterocycles. The molecule has 0 aliphatic carbocycles. The Morgan fingerprint density at radius 1 is 1.08 bits per heavy atom. The summed E-state index contributed by atoms with van der Waals surface area (Å²) in [5, 5.41) is 8.79. The van der Waals surface area contributed by atoms with E-state index in [4.69, 9.17) is 5.10 Å². The van der Waals surface area contributed by atoms with E-state index in [1.54, 1.807) is 11.8 Å². The molecule has 0 amide bonds. The van der Waals surface area contributed by atoms with Gasteiger partial charge >= 0.3 is 0 Å². The predicted molar refractivity (Wildman–Crippen MR) is 112 cm³/mol. The van der Waals surface area contributed by atoms with Crippen LogP contribution in [0.25, 0.3) is 16.9 Å². The molecular formula is C22H25N3S. The number of rotatable bonds is 3. The summed E-state index contributed by atoms with van der Waals surface area (Å²) in [5.74, 6) is 1.17. The number of benzene rings is 2. The maximum absolute atomic E-state index is 5.13. The highest BCUT2D eigenvalue weighted by Crippen LogP contribution is 2.38. The zero-order chi connectivity index (χ0) is 18.1. The maximum Gasteiger partial charge on any atom is 0.133 e. The third kappa shape index (κ3) is 3.03. The van der Waals surface area contributed by atoms with Crippen molar-refractivity contribution in [2.24, 2.45) is 0 Å². The minimum absolute atomic E-state index is 1.01. The van der Waals surface area contributed by atoms with Crippen molar-refractivity contribution in [3.05, 3.63) is 59.2 Å². The van der Waals surface area contributed by atoms with E-state index in [0.29, 0.717) is 0 Å². The first-order valence-electron chi connectivity index (χ1n) is 9.26. The van der Waals surface area contributed by atoms with Crippen LogP contribution in [0.3, 0.4) is 0 Å². The summed E-state index contributed by atoms with van der Waals surface area (Å²) in [5.41, 5.74) is 7.39. The van der Waals surface area contributed by atoms with Crippen molar-refractivity contribution in [3.63, 3.8) is 0 Å². The topological polar surface area (TPSA) is 29.9 Å². The van der Waals surface area contributed by atoms with Crippen LogP contribution in [-0.2, 0) is 6.42 Å². The molecule has 1 N–H and O–H groups in total. The van der Waals surface area contributed by atoms with Crippen molar-refractivity contribution >= 4 is 17.6 Å². The SMILES string of the molecule is CSc1ccccc1-c1nn(-c2cc(C)ccc2C)c2c1CCCCN2. The van der Waals surface area contributed by atoms with Crippen LogP contribution in [0, 0.1) is 13.8 Å². The zero-order valence-electron chi connectivity index (χ0n) is 15.7. The lowest BCUT2D eigenvalue weighted by atomic mass is 10.0. The summed E-state index contributed by atoms with van der Waals surface area (Å²) in [7, 11) is 0. The van der Waals surface area contributed by atoms with Crippen LogP contribution >= 0.6 is 11.8 Å². The Bertz CT molecular complexity index is 943. The smallest absolute Gasteiger partial charge is 0.133 e. The number of nitrogens with one attached hydrogen (secondary N) is 1. The molecule has 0 saturated carbocycles. The Kier molecular flexibility index (Phi) is 4.77. The molecule has 0 fully saturated rings. The molecule has 26 heavy (non-hydrogen) atoms. The molecule has 2 heterocycles. The number of hydrogen-bond donors (Lipinski definition) is 1. The summed E-state index contributed by atoms with van der Waals surface area (Å²) in [4.78, 5) is 1.28. The summed E-state index contributed by atoms with van der Waals surface area (Å²) in [6, 6.07) is 15.2. The van der Waals surface area contributed by atoms with Crippen LogP contribution in [0.15, 0.2) is 47.4 Å². The van der Waals surface area contributed by atoms with Crippen molar-refractivity contribution in [1.29, 1.82) is 0 Å². The fourth-order valence-electron chi connectivity index (χ4n) is 3.68. The molecule has 1 aromatic heterocycles. The summed E-state index contributed by atoms with van der Waals surface area (Å²) < 4.78 is 2.13. The Hall–Kier alpha value is -2.20. The van der Waals surface area contributed by atoms with E-state index in [2.05, 4.69) is 72.6 Å². The van der Waals surface area contributed by atoms with Crippen molar-refractivity contribution in [1.82, 2.24) is 9.78 Å². The monoisotopic (exact) mass is 363 g/mol. The van der Waals surface area contributed by atoms with Crippen LogP contribution in [0.4, 0.5) is 5.82 Å². The van der Waals surface area contributed by atoms with Crippen LogP contribution in [-0.4, -0.2) is 22.6 Å². The number of nitrogens with zero attached hydrogens (tertiary/aromatic N) is 2. The van der Waals surface area contributed by atoms with E-state index in [0.717, 1.165) is 18.7 Å². The van der Waals surface area contributed by atoms with E-state index in [1.165, 1.54) is 51.5 Å². The molecule has 2 aromatic carbocycles. The van der Waals surface area contributed by atoms with E-state index < -0.39 is 0 Å². The maximum atomic E-state index is 5.13. The molecule has 0 radical (unpaired) electrons. The standard InChI is InChI=1S/C22H25N3S/c1-15-11-12-16(2)19(14-15)25-22-18(9-6-7-13-23-22)21(24-25)17-8-4-5-10-20(17)26-3/h4-5,8,10-12,14,23H,6-7,9,13H2,1-3H3. The largest absolute Gasteiger partial charge is 0.370 e. The number of anilines is 1. The lowest BCUT2D eigenvalue weighted by Crippen LogP contribution is -2.08. The van der Waals surface area contributed by atoms with Crippen molar-refractivity contribution in [2.75, 3.05) is 18.1 Å². The fraction of sp³-hybridized carbons (Fsp3) is 0.318. The Morgan fingerprint density at radius 3 is 2.77 bits per heavy atom. The van der Waals surface area contributed by atoms with Gasteiger partial charge in [0.1, 0.15) is 5.82 Å². The Labute approximate surface area is 159 Å². The van der Waals surface area contributed by atoms with Crippen LogP contribution in [0.1, 0.15) is 29.5 Å². The average Bonchev–Trinajstić information content (AvgIpc) is 2.84. The molecular weight excluding hydrogens is 338 g/mol. The summed E-state index contributed by atoms with van der Waals surface area (Å²) >= 11 is 1.79. The molecule has 3 aromatic rings.